The third-order valence-electron chi connectivity index (χ3n) is 3.84. The first-order valence-corrected chi connectivity index (χ1v) is 10.3. The number of anilines is 2. The van der Waals surface area contributed by atoms with Crippen molar-refractivity contribution in [2.24, 2.45) is 0 Å². The molecule has 1 N–H and O–H groups in total. The molecule has 0 unspecified atom stereocenters. The van der Waals surface area contributed by atoms with E-state index >= 15 is 0 Å². The van der Waals surface area contributed by atoms with Crippen molar-refractivity contribution in [1.82, 2.24) is 5.32 Å². The van der Waals surface area contributed by atoms with E-state index < -0.39 is 16.1 Å². The molecule has 1 rings (SSSR count). The summed E-state index contributed by atoms with van der Waals surface area (Å²) in [5.74, 6) is 0. The topological polar surface area (TPSA) is 79.0 Å². The summed E-state index contributed by atoms with van der Waals surface area (Å²) in [6.07, 6.45) is 0.610. The van der Waals surface area contributed by atoms with Crippen molar-refractivity contribution in [2.75, 3.05) is 48.2 Å². The van der Waals surface area contributed by atoms with E-state index in [4.69, 9.17) is 4.74 Å². The van der Waals surface area contributed by atoms with Gasteiger partial charge in [0.25, 0.3) is 0 Å². The minimum Gasteiger partial charge on any atom is -0.450 e. The van der Waals surface area contributed by atoms with Crippen LogP contribution in [0, 0.1) is 6.92 Å². The van der Waals surface area contributed by atoms with Gasteiger partial charge in [0, 0.05) is 25.3 Å². The Balaban J connectivity index is 2.98. The van der Waals surface area contributed by atoms with Crippen LogP contribution in [0.25, 0.3) is 0 Å². The molecule has 0 saturated heterocycles. The smallest absolute Gasteiger partial charge is 0.407 e. The second-order valence-electron chi connectivity index (χ2n) is 5.63. The predicted octanol–water partition coefficient (Wildman–Crippen LogP) is 2.35. The Morgan fingerprint density at radius 1 is 1.20 bits per heavy atom. The Kier molecular flexibility index (Phi) is 8.02. The van der Waals surface area contributed by atoms with Crippen LogP contribution in [0.3, 0.4) is 0 Å². The van der Waals surface area contributed by atoms with Crippen molar-refractivity contribution in [3.8, 4) is 0 Å². The number of nitrogens with zero attached hydrogens (tertiary/aromatic N) is 2. The number of benzene rings is 1. The van der Waals surface area contributed by atoms with E-state index in [1.807, 2.05) is 25.1 Å². The maximum atomic E-state index is 12.2. The fraction of sp³-hybridized carbons (Fsp3) is 0.588. The molecule has 0 bridgehead atoms. The molecule has 0 saturated carbocycles. The average molecular weight is 372 g/mol. The highest BCUT2D eigenvalue weighted by atomic mass is 32.2. The molecule has 0 spiro atoms. The second-order valence-corrected chi connectivity index (χ2v) is 7.53. The number of hydrogen-bond donors (Lipinski definition) is 1. The summed E-state index contributed by atoms with van der Waals surface area (Å²) in [4.78, 5) is 13.6. The molecule has 1 aromatic carbocycles. The Morgan fingerprint density at radius 3 is 2.32 bits per heavy atom. The summed E-state index contributed by atoms with van der Waals surface area (Å²) in [5, 5.41) is 2.55. The summed E-state index contributed by atoms with van der Waals surface area (Å²) in [5.41, 5.74) is 2.54. The van der Waals surface area contributed by atoms with Crippen molar-refractivity contribution in [2.45, 2.75) is 27.7 Å². The summed E-state index contributed by atoms with van der Waals surface area (Å²) >= 11 is 0. The van der Waals surface area contributed by atoms with Crippen molar-refractivity contribution in [1.29, 1.82) is 0 Å². The zero-order chi connectivity index (χ0) is 19.0. The highest BCUT2D eigenvalue weighted by Gasteiger charge is 2.20. The van der Waals surface area contributed by atoms with Gasteiger partial charge in [-0.25, -0.2) is 13.2 Å². The lowest BCUT2D eigenvalue weighted by atomic mass is 10.1. The number of aryl methyl sites for hydroxylation is 1. The standard InChI is InChI=1S/C17H29N3O4S/c1-6-19(7-2)15-9-10-16(14(4)13-15)20(25(5,22)23)12-11-18-17(21)24-8-3/h9-10,13H,6-8,11-12H2,1-5H3,(H,18,21). The van der Waals surface area contributed by atoms with E-state index in [-0.39, 0.29) is 19.7 Å². The Morgan fingerprint density at radius 2 is 1.84 bits per heavy atom. The third-order valence-corrected chi connectivity index (χ3v) is 5.02. The van der Waals surface area contributed by atoms with E-state index in [0.717, 1.165) is 30.6 Å². The van der Waals surface area contributed by atoms with E-state index in [2.05, 4.69) is 24.1 Å². The van der Waals surface area contributed by atoms with Crippen LogP contribution >= 0.6 is 0 Å². The number of carbonyl (C=O) groups is 1. The van der Waals surface area contributed by atoms with Gasteiger partial charge < -0.3 is 15.0 Å². The van der Waals surface area contributed by atoms with Crippen LogP contribution in [0.1, 0.15) is 26.3 Å². The van der Waals surface area contributed by atoms with Gasteiger partial charge in [-0.05, 0) is 51.5 Å². The zero-order valence-corrected chi connectivity index (χ0v) is 16.5. The molecule has 0 aromatic heterocycles. The number of sulfonamides is 1. The van der Waals surface area contributed by atoms with Crippen molar-refractivity contribution in [3.63, 3.8) is 0 Å². The van der Waals surface area contributed by atoms with E-state index in [1.54, 1.807) is 6.92 Å². The van der Waals surface area contributed by atoms with Crippen molar-refractivity contribution < 1.29 is 17.9 Å². The average Bonchev–Trinajstić information content (AvgIpc) is 2.53. The molecule has 0 fully saturated rings. The van der Waals surface area contributed by atoms with Crippen LogP contribution in [0.15, 0.2) is 18.2 Å². The monoisotopic (exact) mass is 371 g/mol. The quantitative estimate of drug-likeness (QED) is 0.721. The van der Waals surface area contributed by atoms with Crippen molar-refractivity contribution >= 4 is 27.5 Å². The molecule has 0 aliphatic heterocycles. The largest absolute Gasteiger partial charge is 0.450 e. The van der Waals surface area contributed by atoms with E-state index in [0.29, 0.717) is 5.69 Å². The highest BCUT2D eigenvalue weighted by molar-refractivity contribution is 7.92. The summed E-state index contributed by atoms with van der Waals surface area (Å²) in [7, 11) is -3.47. The maximum absolute atomic E-state index is 12.2. The second kappa shape index (κ2) is 9.50. The molecule has 1 amide bonds. The normalized spacial score (nSPS) is 11.1. The molecule has 25 heavy (non-hydrogen) atoms. The van der Waals surface area contributed by atoms with Gasteiger partial charge >= 0.3 is 6.09 Å². The summed E-state index contributed by atoms with van der Waals surface area (Å²) in [6.45, 7) is 10.1. The number of rotatable bonds is 9. The number of amides is 1. The molecule has 0 atom stereocenters. The number of carbonyl (C=O) groups excluding carboxylic acids is 1. The van der Waals surface area contributed by atoms with E-state index in [9.17, 15) is 13.2 Å². The van der Waals surface area contributed by atoms with Crippen LogP contribution < -0.4 is 14.5 Å². The van der Waals surface area contributed by atoms with Crippen LogP contribution in [-0.4, -0.2) is 53.6 Å². The molecular weight excluding hydrogens is 342 g/mol. The molecule has 142 valence electrons. The molecule has 8 heteroatoms. The number of hydrogen-bond acceptors (Lipinski definition) is 5. The zero-order valence-electron chi connectivity index (χ0n) is 15.7. The number of ether oxygens (including phenoxy) is 1. The van der Waals surface area contributed by atoms with Gasteiger partial charge in [0.05, 0.1) is 25.1 Å². The van der Waals surface area contributed by atoms with E-state index in [1.165, 1.54) is 4.31 Å². The summed E-state index contributed by atoms with van der Waals surface area (Å²) in [6, 6.07) is 5.72. The van der Waals surface area contributed by atoms with Crippen LogP contribution in [0.4, 0.5) is 16.2 Å². The van der Waals surface area contributed by atoms with Gasteiger partial charge in [-0.2, -0.15) is 0 Å². The van der Waals surface area contributed by atoms with Gasteiger partial charge in [0.15, 0.2) is 0 Å². The predicted molar refractivity (Wildman–Crippen MR) is 102 cm³/mol. The molecule has 1 aromatic rings. The molecule has 0 aliphatic carbocycles. The minimum atomic E-state index is -3.47. The highest BCUT2D eigenvalue weighted by Crippen LogP contribution is 2.27. The molecule has 0 aliphatic rings. The molecule has 0 heterocycles. The molecular formula is C17H29N3O4S. The van der Waals surface area contributed by atoms with Crippen molar-refractivity contribution in [3.05, 3.63) is 23.8 Å². The fourth-order valence-electron chi connectivity index (χ4n) is 2.61. The molecule has 7 nitrogen and oxygen atoms in total. The number of alkyl carbamates (subject to hydrolysis) is 1. The summed E-state index contributed by atoms with van der Waals surface area (Å²) < 4.78 is 30.5. The Labute approximate surface area is 151 Å². The fourth-order valence-corrected chi connectivity index (χ4v) is 3.60. The third kappa shape index (κ3) is 6.12. The number of nitrogens with one attached hydrogen (secondary N) is 1. The first-order chi connectivity index (χ1) is 11.7. The molecule has 0 radical (unpaired) electrons. The van der Waals surface area contributed by atoms with Gasteiger partial charge in [0.1, 0.15) is 0 Å². The van der Waals surface area contributed by atoms with Crippen LogP contribution in [0.2, 0.25) is 0 Å². The Bertz CT molecular complexity index is 672. The van der Waals surface area contributed by atoms with Gasteiger partial charge in [0.2, 0.25) is 10.0 Å². The first-order valence-electron chi connectivity index (χ1n) is 8.48. The van der Waals surface area contributed by atoms with Gasteiger partial charge in [-0.15, -0.1) is 0 Å². The van der Waals surface area contributed by atoms with Gasteiger partial charge in [-0.3, -0.25) is 4.31 Å². The SMILES string of the molecule is CCOC(=O)NCCN(c1ccc(N(CC)CC)cc1C)S(C)(=O)=O. The maximum Gasteiger partial charge on any atom is 0.407 e. The van der Waals surface area contributed by atoms with Crippen LogP contribution in [-0.2, 0) is 14.8 Å². The van der Waals surface area contributed by atoms with Gasteiger partial charge in [-0.1, -0.05) is 0 Å². The lowest BCUT2D eigenvalue weighted by Crippen LogP contribution is -2.38. The Hall–Kier alpha value is -1.96. The van der Waals surface area contributed by atoms with Crippen LogP contribution in [0.5, 0.6) is 0 Å². The minimum absolute atomic E-state index is 0.142. The first kappa shape index (κ1) is 21.1. The lowest BCUT2D eigenvalue weighted by Gasteiger charge is -2.27. The lowest BCUT2D eigenvalue weighted by molar-refractivity contribution is 0.152.